The molecule has 0 radical (unpaired) electrons. The normalized spacial score (nSPS) is 17.5. The van der Waals surface area contributed by atoms with Gasteiger partial charge in [0.25, 0.3) is 0 Å². The first-order valence-corrected chi connectivity index (χ1v) is 12.4. The molecule has 0 fully saturated rings. The molecule has 2 unspecified atom stereocenters. The quantitative estimate of drug-likeness (QED) is 0.555. The van der Waals surface area contributed by atoms with Gasteiger partial charge < -0.3 is 10.6 Å². The van der Waals surface area contributed by atoms with Gasteiger partial charge in [-0.2, -0.15) is 0 Å². The first-order valence-electron chi connectivity index (χ1n) is 9.38. The van der Waals surface area contributed by atoms with Crippen molar-refractivity contribution in [3.8, 4) is 0 Å². The number of ketones is 1. The second-order valence-corrected chi connectivity index (χ2v) is 9.77. The fourth-order valence-corrected chi connectivity index (χ4v) is 6.06. The molecule has 2 N–H and O–H groups in total. The summed E-state index contributed by atoms with van der Waals surface area (Å²) >= 11 is 16.2. The molecular weight excluding hydrogens is 431 g/mol. The first kappa shape index (κ1) is 20.3. The van der Waals surface area contributed by atoms with Gasteiger partial charge in [-0.3, -0.25) is 4.79 Å². The van der Waals surface area contributed by atoms with Gasteiger partial charge in [-0.1, -0.05) is 12.1 Å². The Balaban J connectivity index is 1.61. The Morgan fingerprint density at radius 1 is 0.857 bits per heavy atom. The Morgan fingerprint density at radius 2 is 1.32 bits per heavy atom. The molecule has 28 heavy (non-hydrogen) atoms. The van der Waals surface area contributed by atoms with E-state index in [2.05, 4.69) is 34.9 Å². The van der Waals surface area contributed by atoms with Gasteiger partial charge in [0, 0.05) is 57.5 Å². The number of rotatable bonds is 6. The minimum atomic E-state index is -0.372. The van der Waals surface area contributed by atoms with E-state index >= 15 is 0 Å². The molecule has 2 aliphatic heterocycles. The molecule has 0 aliphatic carbocycles. The highest BCUT2D eigenvalue weighted by Gasteiger charge is 2.30. The predicted molar refractivity (Wildman–Crippen MR) is 123 cm³/mol. The Bertz CT molecular complexity index is 808. The van der Waals surface area contributed by atoms with Gasteiger partial charge in [-0.25, -0.2) is 0 Å². The van der Waals surface area contributed by atoms with Gasteiger partial charge >= 0.3 is 0 Å². The summed E-state index contributed by atoms with van der Waals surface area (Å²) in [7, 11) is 0. The van der Waals surface area contributed by atoms with E-state index in [-0.39, 0.29) is 29.4 Å². The van der Waals surface area contributed by atoms with Crippen LogP contribution in [0.1, 0.15) is 23.0 Å². The molecule has 3 nitrogen and oxygen atoms in total. The van der Waals surface area contributed by atoms with Gasteiger partial charge in [-0.15, -0.1) is 46.7 Å². The van der Waals surface area contributed by atoms with Crippen LogP contribution < -0.4 is 10.6 Å². The monoisotopic (exact) mass is 452 g/mol. The van der Waals surface area contributed by atoms with Crippen LogP contribution in [0, 0.1) is 0 Å². The predicted octanol–water partition coefficient (Wildman–Crippen LogP) is 5.64. The summed E-state index contributed by atoms with van der Waals surface area (Å²) in [5, 5.41) is 6.84. The van der Waals surface area contributed by atoms with Crippen molar-refractivity contribution in [2.75, 3.05) is 47.0 Å². The zero-order valence-electron chi connectivity index (χ0n) is 15.3. The molecular formula is C21H22Cl2N2OS2. The third-order valence-corrected chi connectivity index (χ3v) is 7.93. The summed E-state index contributed by atoms with van der Waals surface area (Å²) in [6.07, 6.45) is 0. The summed E-state index contributed by atoms with van der Waals surface area (Å²) < 4.78 is 0. The van der Waals surface area contributed by atoms with Gasteiger partial charge in [0.15, 0.2) is 0 Å². The summed E-state index contributed by atoms with van der Waals surface area (Å²) in [5.41, 5.74) is 4.09. The lowest BCUT2D eigenvalue weighted by atomic mass is 9.85. The number of halogens is 2. The van der Waals surface area contributed by atoms with Crippen molar-refractivity contribution in [1.82, 2.24) is 0 Å². The first-order chi connectivity index (χ1) is 13.7. The molecule has 0 saturated carbocycles. The van der Waals surface area contributed by atoms with Crippen LogP contribution in [-0.4, -0.2) is 42.1 Å². The van der Waals surface area contributed by atoms with Crippen LogP contribution in [0.2, 0.25) is 0 Å². The van der Waals surface area contributed by atoms with Crippen LogP contribution in [0.5, 0.6) is 0 Å². The highest BCUT2D eigenvalue weighted by molar-refractivity contribution is 7.99. The molecule has 0 amide bonds. The SMILES string of the molecule is O=C(C(CCl)c1ccc2c(c1)NCCS2)C(CCl)c1ccc2c(c1)NCCS2. The molecule has 4 rings (SSSR count). The summed E-state index contributed by atoms with van der Waals surface area (Å²) in [6.45, 7) is 1.87. The third-order valence-electron chi connectivity index (χ3n) is 5.16. The van der Waals surface area contributed by atoms with Crippen LogP contribution in [0.15, 0.2) is 46.2 Å². The number of carbonyl (C=O) groups is 1. The Labute approximate surface area is 184 Å². The Hall–Kier alpha value is -1.01. The van der Waals surface area contributed by atoms with Crippen LogP contribution in [0.25, 0.3) is 0 Å². The molecule has 2 atom stereocenters. The summed E-state index contributed by atoms with van der Waals surface area (Å²) in [6, 6.07) is 12.4. The second-order valence-electron chi connectivity index (χ2n) is 6.88. The molecule has 0 spiro atoms. The molecule has 0 aromatic heterocycles. The van der Waals surface area contributed by atoms with E-state index in [1.807, 2.05) is 35.7 Å². The third kappa shape index (κ3) is 4.13. The summed E-state index contributed by atoms with van der Waals surface area (Å²) in [4.78, 5) is 15.9. The number of anilines is 2. The number of hydrogen-bond acceptors (Lipinski definition) is 5. The van der Waals surface area contributed by atoms with E-state index in [1.165, 1.54) is 9.79 Å². The largest absolute Gasteiger partial charge is 0.383 e. The van der Waals surface area contributed by atoms with E-state index in [9.17, 15) is 4.79 Å². The average Bonchev–Trinajstić information content (AvgIpc) is 2.74. The van der Waals surface area contributed by atoms with E-state index in [1.54, 1.807) is 0 Å². The van der Waals surface area contributed by atoms with Crippen molar-refractivity contribution in [2.24, 2.45) is 0 Å². The number of fused-ring (bicyclic) bond motifs is 2. The molecule has 7 heteroatoms. The minimum Gasteiger partial charge on any atom is -0.383 e. The lowest BCUT2D eigenvalue weighted by Gasteiger charge is -2.24. The topological polar surface area (TPSA) is 41.1 Å². The molecule has 2 aromatic carbocycles. The number of Topliss-reactive ketones (excluding diaryl/α,β-unsaturated/α-hetero) is 1. The van der Waals surface area contributed by atoms with E-state index in [4.69, 9.17) is 23.2 Å². The van der Waals surface area contributed by atoms with Gasteiger partial charge in [0.1, 0.15) is 5.78 Å². The average molecular weight is 453 g/mol. The van der Waals surface area contributed by atoms with Crippen molar-refractivity contribution in [2.45, 2.75) is 21.6 Å². The lowest BCUT2D eigenvalue weighted by Crippen LogP contribution is -2.24. The van der Waals surface area contributed by atoms with Gasteiger partial charge in [0.2, 0.25) is 0 Å². The molecule has 148 valence electrons. The number of thioether (sulfide) groups is 2. The standard InChI is InChI=1S/C21H22Cl2N2OS2/c22-11-15(13-1-3-19-17(9-13)24-5-7-27-19)21(26)16(12-23)14-2-4-20-18(10-14)25-6-8-28-20/h1-4,9-10,15-16,24-25H,5-8,11-12H2. The fraction of sp³-hybridized carbons (Fsp3) is 0.381. The van der Waals surface area contributed by atoms with E-state index in [0.29, 0.717) is 0 Å². The van der Waals surface area contributed by atoms with E-state index < -0.39 is 0 Å². The molecule has 0 bridgehead atoms. The molecule has 0 saturated heterocycles. The highest BCUT2D eigenvalue weighted by atomic mass is 35.5. The minimum absolute atomic E-state index is 0.0804. The molecule has 2 aliphatic rings. The van der Waals surface area contributed by atoms with Gasteiger partial charge in [0.05, 0.1) is 11.8 Å². The smallest absolute Gasteiger partial charge is 0.150 e. The van der Waals surface area contributed by atoms with Gasteiger partial charge in [-0.05, 0) is 35.4 Å². The van der Waals surface area contributed by atoms with Crippen molar-refractivity contribution in [3.05, 3.63) is 47.5 Å². The molecule has 2 aromatic rings. The number of nitrogens with one attached hydrogen (secondary N) is 2. The zero-order chi connectivity index (χ0) is 19.5. The fourth-order valence-electron chi connectivity index (χ4n) is 3.65. The second kappa shape index (κ2) is 9.21. The number of hydrogen-bond donors (Lipinski definition) is 2. The Morgan fingerprint density at radius 3 is 1.75 bits per heavy atom. The zero-order valence-corrected chi connectivity index (χ0v) is 18.5. The van der Waals surface area contributed by atoms with Crippen molar-refractivity contribution < 1.29 is 4.79 Å². The number of benzene rings is 2. The van der Waals surface area contributed by atoms with E-state index in [0.717, 1.165) is 47.1 Å². The number of alkyl halides is 2. The highest BCUT2D eigenvalue weighted by Crippen LogP contribution is 2.38. The van der Waals surface area contributed by atoms with Crippen molar-refractivity contribution >= 4 is 63.9 Å². The Kier molecular flexibility index (Phi) is 6.66. The summed E-state index contributed by atoms with van der Waals surface area (Å²) in [5.74, 6) is 1.95. The lowest BCUT2D eigenvalue weighted by molar-refractivity contribution is -0.121. The van der Waals surface area contributed by atoms with Crippen LogP contribution in [0.4, 0.5) is 11.4 Å². The maximum Gasteiger partial charge on any atom is 0.150 e. The molecule has 2 heterocycles. The van der Waals surface area contributed by atoms with Crippen molar-refractivity contribution in [3.63, 3.8) is 0 Å². The van der Waals surface area contributed by atoms with Crippen LogP contribution >= 0.6 is 46.7 Å². The van der Waals surface area contributed by atoms with Crippen molar-refractivity contribution in [1.29, 1.82) is 0 Å². The number of carbonyl (C=O) groups excluding carboxylic acids is 1. The van der Waals surface area contributed by atoms with Crippen LogP contribution in [0.3, 0.4) is 0 Å². The maximum atomic E-state index is 13.4. The maximum absolute atomic E-state index is 13.4. The van der Waals surface area contributed by atoms with Crippen LogP contribution in [-0.2, 0) is 4.79 Å².